The van der Waals surface area contributed by atoms with E-state index in [1.54, 1.807) is 23.3 Å². The molecular formula is C28H32N8O2S. The largest absolute Gasteiger partial charge is 0.395 e. The Balaban J connectivity index is 1.21. The molecule has 0 aliphatic carbocycles. The summed E-state index contributed by atoms with van der Waals surface area (Å²) in [7, 11) is 1.80. The molecule has 0 radical (unpaired) electrons. The number of hydrogen-bond donors (Lipinski definition) is 2. The number of pyridine rings is 1. The number of β-amino-alcohol motifs (C(OH)–C–C–N with tert-alkyl or cyclic N) is 1. The summed E-state index contributed by atoms with van der Waals surface area (Å²) in [5.41, 5.74) is 3.29. The first-order chi connectivity index (χ1) is 18.9. The number of thiazole rings is 1. The Hall–Kier alpha value is -3.67. The summed E-state index contributed by atoms with van der Waals surface area (Å²) in [6, 6.07) is 12.3. The lowest BCUT2D eigenvalue weighted by Crippen LogP contribution is -2.47. The molecule has 5 heterocycles. The number of aromatic nitrogens is 4. The standard InChI is InChI=1S/C28H32N8O2S/c1-4-34(3)27(38)19-7-5-6-18(11-19)26-31-22-13-24(29-14-23(22)39-26)32-25-10-17(2)30-28(33-25)36-16-20-12-21(36)15-35(20)8-9-37/h5-7,10-11,13-14,20-21,37H,4,8-9,12,15-16H2,1-3H3,(H,29,30,32,33)/t20-,21-/m0/s1. The number of nitrogens with one attached hydrogen (secondary N) is 1. The van der Waals surface area contributed by atoms with Gasteiger partial charge in [0.1, 0.15) is 16.6 Å². The zero-order valence-corrected chi connectivity index (χ0v) is 23.1. The lowest BCUT2D eigenvalue weighted by molar-refractivity contribution is 0.0802. The van der Waals surface area contributed by atoms with Crippen LogP contribution in [0, 0.1) is 6.92 Å². The maximum absolute atomic E-state index is 12.6. The molecule has 1 aromatic carbocycles. The van der Waals surface area contributed by atoms with Crippen molar-refractivity contribution in [3.63, 3.8) is 0 Å². The predicted octanol–water partition coefficient (Wildman–Crippen LogP) is 3.55. The third-order valence-corrected chi connectivity index (χ3v) is 8.60. The first-order valence-corrected chi connectivity index (χ1v) is 14.1. The Kier molecular flexibility index (Phi) is 6.88. The summed E-state index contributed by atoms with van der Waals surface area (Å²) >= 11 is 1.55. The van der Waals surface area contributed by atoms with Crippen LogP contribution in [0.25, 0.3) is 20.8 Å². The quantitative estimate of drug-likeness (QED) is 0.344. The van der Waals surface area contributed by atoms with Crippen molar-refractivity contribution in [2.24, 2.45) is 0 Å². The summed E-state index contributed by atoms with van der Waals surface area (Å²) in [6.45, 7) is 7.32. The van der Waals surface area contributed by atoms with Gasteiger partial charge in [-0.15, -0.1) is 11.3 Å². The third kappa shape index (κ3) is 5.05. The van der Waals surface area contributed by atoms with E-state index >= 15 is 0 Å². The molecule has 0 unspecified atom stereocenters. The number of aryl methyl sites for hydroxylation is 1. The van der Waals surface area contributed by atoms with E-state index in [0.29, 0.717) is 35.8 Å². The van der Waals surface area contributed by atoms with E-state index in [2.05, 4.69) is 20.1 Å². The Bertz CT molecular complexity index is 1520. The number of nitrogens with zero attached hydrogens (tertiary/aromatic N) is 7. The minimum absolute atomic E-state index is 0.00243. The van der Waals surface area contributed by atoms with Crippen molar-refractivity contribution in [3.8, 4) is 10.6 Å². The Labute approximate surface area is 231 Å². The summed E-state index contributed by atoms with van der Waals surface area (Å²) in [4.78, 5) is 38.0. The van der Waals surface area contributed by atoms with Gasteiger partial charge in [0.2, 0.25) is 5.95 Å². The van der Waals surface area contributed by atoms with Crippen molar-refractivity contribution >= 4 is 45.0 Å². The first-order valence-electron chi connectivity index (χ1n) is 13.3. The Morgan fingerprint density at radius 1 is 1.15 bits per heavy atom. The normalized spacial score (nSPS) is 18.7. The van der Waals surface area contributed by atoms with Gasteiger partial charge in [0.25, 0.3) is 5.91 Å². The van der Waals surface area contributed by atoms with Gasteiger partial charge in [-0.25, -0.2) is 15.0 Å². The van der Waals surface area contributed by atoms with Gasteiger partial charge >= 0.3 is 0 Å². The molecule has 0 spiro atoms. The summed E-state index contributed by atoms with van der Waals surface area (Å²) < 4.78 is 0.970. The van der Waals surface area contributed by atoms with E-state index in [0.717, 1.165) is 58.5 Å². The van der Waals surface area contributed by atoms with Crippen LogP contribution in [0.5, 0.6) is 0 Å². The third-order valence-electron chi connectivity index (χ3n) is 7.55. The number of aliphatic hydroxyl groups excluding tert-OH is 1. The second-order valence-corrected chi connectivity index (χ2v) is 11.2. The van der Waals surface area contributed by atoms with Crippen LogP contribution >= 0.6 is 11.3 Å². The van der Waals surface area contributed by atoms with Crippen LogP contribution in [0.3, 0.4) is 0 Å². The summed E-state index contributed by atoms with van der Waals surface area (Å²) in [5.74, 6) is 2.08. The molecule has 39 heavy (non-hydrogen) atoms. The zero-order chi connectivity index (χ0) is 27.1. The second-order valence-electron chi connectivity index (χ2n) is 10.2. The van der Waals surface area contributed by atoms with Gasteiger partial charge in [-0.3, -0.25) is 9.69 Å². The lowest BCUT2D eigenvalue weighted by atomic mass is 10.1. The molecule has 2 fully saturated rings. The van der Waals surface area contributed by atoms with Crippen molar-refractivity contribution in [2.75, 3.05) is 50.1 Å². The van der Waals surface area contributed by atoms with Gasteiger partial charge in [0, 0.05) is 80.5 Å². The van der Waals surface area contributed by atoms with E-state index in [4.69, 9.17) is 15.0 Å². The second kappa shape index (κ2) is 10.5. The summed E-state index contributed by atoms with van der Waals surface area (Å²) in [5, 5.41) is 13.5. The number of anilines is 3. The molecule has 2 bridgehead atoms. The van der Waals surface area contributed by atoms with E-state index < -0.39 is 0 Å². The van der Waals surface area contributed by atoms with Crippen LogP contribution in [0.15, 0.2) is 42.6 Å². The molecule has 1 amide bonds. The number of piperazine rings is 1. The maximum Gasteiger partial charge on any atom is 0.253 e. The van der Waals surface area contributed by atoms with E-state index in [1.807, 2.05) is 56.4 Å². The van der Waals surface area contributed by atoms with Crippen molar-refractivity contribution in [2.45, 2.75) is 32.4 Å². The van der Waals surface area contributed by atoms with Gasteiger partial charge < -0.3 is 20.2 Å². The predicted molar refractivity (Wildman–Crippen MR) is 154 cm³/mol. The van der Waals surface area contributed by atoms with E-state index in [1.165, 1.54) is 0 Å². The molecule has 0 saturated carbocycles. The first kappa shape index (κ1) is 25.6. The topological polar surface area (TPSA) is 111 Å². The van der Waals surface area contributed by atoms with Crippen molar-refractivity contribution in [3.05, 3.63) is 53.9 Å². The van der Waals surface area contributed by atoms with Crippen LogP contribution in [0.4, 0.5) is 17.6 Å². The highest BCUT2D eigenvalue weighted by Gasteiger charge is 2.44. The number of hydrogen-bond acceptors (Lipinski definition) is 10. The van der Waals surface area contributed by atoms with Gasteiger partial charge in [-0.2, -0.15) is 4.98 Å². The van der Waals surface area contributed by atoms with Gasteiger partial charge in [-0.05, 0) is 32.4 Å². The van der Waals surface area contributed by atoms with Gasteiger partial charge in [-0.1, -0.05) is 12.1 Å². The molecule has 2 saturated heterocycles. The molecule has 202 valence electrons. The molecule has 2 N–H and O–H groups in total. The number of amides is 1. The van der Waals surface area contributed by atoms with E-state index in [-0.39, 0.29) is 12.5 Å². The molecule has 10 nitrogen and oxygen atoms in total. The van der Waals surface area contributed by atoms with Gasteiger partial charge in [0.05, 0.1) is 16.8 Å². The van der Waals surface area contributed by atoms with Crippen LogP contribution < -0.4 is 10.2 Å². The highest BCUT2D eigenvalue weighted by atomic mass is 32.1. The molecule has 4 aromatic rings. The monoisotopic (exact) mass is 544 g/mol. The SMILES string of the molecule is CCN(C)C(=O)c1cccc(-c2nc3cc(Nc4cc(C)nc(N5C[C@@H]6C[C@H]5CN6CCO)n4)ncc3s2)c1. The minimum Gasteiger partial charge on any atom is -0.395 e. The number of aliphatic hydroxyl groups is 1. The fourth-order valence-electron chi connectivity index (χ4n) is 5.45. The van der Waals surface area contributed by atoms with Crippen molar-refractivity contribution < 1.29 is 9.90 Å². The molecule has 2 aliphatic heterocycles. The number of rotatable bonds is 8. The fraction of sp³-hybridized carbons (Fsp3) is 0.393. The van der Waals surface area contributed by atoms with Crippen molar-refractivity contribution in [1.82, 2.24) is 29.7 Å². The van der Waals surface area contributed by atoms with Crippen LogP contribution in [-0.4, -0.2) is 92.7 Å². The molecule has 11 heteroatoms. The van der Waals surface area contributed by atoms with Crippen LogP contribution in [0.1, 0.15) is 29.4 Å². The average Bonchev–Trinajstić information content (AvgIpc) is 3.66. The Morgan fingerprint density at radius 2 is 2.03 bits per heavy atom. The zero-order valence-electron chi connectivity index (χ0n) is 22.3. The number of benzene rings is 1. The maximum atomic E-state index is 12.6. The molecule has 3 aromatic heterocycles. The van der Waals surface area contributed by atoms with Crippen molar-refractivity contribution in [1.29, 1.82) is 0 Å². The summed E-state index contributed by atoms with van der Waals surface area (Å²) in [6.07, 6.45) is 2.90. The number of fused-ring (bicyclic) bond motifs is 3. The van der Waals surface area contributed by atoms with Gasteiger partial charge in [0.15, 0.2) is 0 Å². The Morgan fingerprint density at radius 3 is 2.79 bits per heavy atom. The molecular weight excluding hydrogens is 512 g/mol. The van der Waals surface area contributed by atoms with E-state index in [9.17, 15) is 9.90 Å². The molecule has 2 atom stereocenters. The molecule has 6 rings (SSSR count). The highest BCUT2D eigenvalue weighted by molar-refractivity contribution is 7.21. The smallest absolute Gasteiger partial charge is 0.253 e. The minimum atomic E-state index is -0.00243. The fourth-order valence-corrected chi connectivity index (χ4v) is 6.36. The molecule has 2 aliphatic rings. The number of carbonyl (C=O) groups is 1. The lowest BCUT2D eigenvalue weighted by Gasteiger charge is -2.34. The average molecular weight is 545 g/mol. The number of carbonyl (C=O) groups excluding carboxylic acids is 1. The van der Waals surface area contributed by atoms with Crippen LogP contribution in [-0.2, 0) is 0 Å². The number of likely N-dealkylation sites (tertiary alicyclic amines) is 1. The van der Waals surface area contributed by atoms with Crippen LogP contribution in [0.2, 0.25) is 0 Å². The highest BCUT2D eigenvalue weighted by Crippen LogP contribution is 2.34.